The minimum Gasteiger partial charge on any atom is -0.365 e. The fourth-order valence-electron chi connectivity index (χ4n) is 3.99. The maximum atomic E-state index is 12.6. The van der Waals surface area contributed by atoms with Crippen molar-refractivity contribution in [3.63, 3.8) is 0 Å². The summed E-state index contributed by atoms with van der Waals surface area (Å²) in [5, 5.41) is 3.87. The molecule has 3 aromatic heterocycles. The van der Waals surface area contributed by atoms with Crippen molar-refractivity contribution in [2.45, 2.75) is 31.6 Å². The van der Waals surface area contributed by atoms with E-state index < -0.39 is 0 Å². The number of pyridine rings is 1. The second kappa shape index (κ2) is 6.58. The highest BCUT2D eigenvalue weighted by atomic mass is 32.1. The molecule has 1 fully saturated rings. The van der Waals surface area contributed by atoms with Gasteiger partial charge in [0.15, 0.2) is 0 Å². The number of thiophene rings is 1. The number of amides is 1. The molecule has 0 N–H and O–H groups in total. The second-order valence-electron chi connectivity index (χ2n) is 7.16. The first-order valence-electron chi connectivity index (χ1n) is 9.14. The SMILES string of the molecule is O=C(c1ccsc1)N1CCC2(CC1)Cn1c(-c3cccnc3)cnc1CO2. The van der Waals surface area contributed by atoms with Crippen molar-refractivity contribution < 1.29 is 9.53 Å². The van der Waals surface area contributed by atoms with Crippen LogP contribution in [0.2, 0.25) is 0 Å². The second-order valence-corrected chi connectivity index (χ2v) is 7.94. The van der Waals surface area contributed by atoms with Gasteiger partial charge in [0.25, 0.3) is 5.91 Å². The Hall–Kier alpha value is -2.51. The molecule has 0 aromatic carbocycles. The Morgan fingerprint density at radius 3 is 2.85 bits per heavy atom. The van der Waals surface area contributed by atoms with Crippen LogP contribution < -0.4 is 0 Å². The monoisotopic (exact) mass is 380 g/mol. The number of piperidine rings is 1. The van der Waals surface area contributed by atoms with Crippen molar-refractivity contribution in [1.29, 1.82) is 0 Å². The van der Waals surface area contributed by atoms with Crippen molar-refractivity contribution in [2.24, 2.45) is 0 Å². The average molecular weight is 380 g/mol. The molecule has 5 heterocycles. The van der Waals surface area contributed by atoms with E-state index in [2.05, 4.69) is 20.6 Å². The number of ether oxygens (including phenoxy) is 1. The van der Waals surface area contributed by atoms with Gasteiger partial charge in [0.1, 0.15) is 12.4 Å². The van der Waals surface area contributed by atoms with Crippen LogP contribution in [0.15, 0.2) is 47.5 Å². The molecule has 1 amide bonds. The van der Waals surface area contributed by atoms with Gasteiger partial charge < -0.3 is 14.2 Å². The number of aromatic nitrogens is 3. The van der Waals surface area contributed by atoms with Crippen molar-refractivity contribution in [1.82, 2.24) is 19.4 Å². The van der Waals surface area contributed by atoms with Gasteiger partial charge in [-0.05, 0) is 36.4 Å². The van der Waals surface area contributed by atoms with Crippen LogP contribution in [0.25, 0.3) is 11.3 Å². The predicted molar refractivity (Wildman–Crippen MR) is 102 cm³/mol. The van der Waals surface area contributed by atoms with Gasteiger partial charge in [0, 0.05) is 36.4 Å². The van der Waals surface area contributed by atoms with E-state index in [1.54, 1.807) is 17.5 Å². The van der Waals surface area contributed by atoms with Gasteiger partial charge in [-0.3, -0.25) is 9.78 Å². The van der Waals surface area contributed by atoms with E-state index in [0.717, 1.165) is 55.1 Å². The molecule has 0 radical (unpaired) electrons. The van der Waals surface area contributed by atoms with Crippen LogP contribution >= 0.6 is 11.3 Å². The Morgan fingerprint density at radius 1 is 1.22 bits per heavy atom. The summed E-state index contributed by atoms with van der Waals surface area (Å²) in [5.74, 6) is 1.08. The van der Waals surface area contributed by atoms with Crippen LogP contribution in [-0.2, 0) is 17.9 Å². The van der Waals surface area contributed by atoms with Crippen LogP contribution in [0.4, 0.5) is 0 Å². The molecule has 27 heavy (non-hydrogen) atoms. The van der Waals surface area contributed by atoms with E-state index in [1.165, 1.54) is 0 Å². The Morgan fingerprint density at radius 2 is 2.11 bits per heavy atom. The molecular weight excluding hydrogens is 360 g/mol. The number of likely N-dealkylation sites (tertiary alicyclic amines) is 1. The largest absolute Gasteiger partial charge is 0.365 e. The summed E-state index contributed by atoms with van der Waals surface area (Å²) in [7, 11) is 0. The third-order valence-corrected chi connectivity index (χ3v) is 6.26. The van der Waals surface area contributed by atoms with Crippen LogP contribution in [0, 0.1) is 0 Å². The summed E-state index contributed by atoms with van der Waals surface area (Å²) in [6.45, 7) is 2.73. The number of rotatable bonds is 2. The topological polar surface area (TPSA) is 60.2 Å². The number of carbonyl (C=O) groups is 1. The Labute approximate surface area is 161 Å². The van der Waals surface area contributed by atoms with Crippen molar-refractivity contribution in [2.75, 3.05) is 13.1 Å². The highest BCUT2D eigenvalue weighted by Gasteiger charge is 2.41. The number of nitrogens with zero attached hydrogens (tertiary/aromatic N) is 4. The molecule has 1 spiro atoms. The highest BCUT2D eigenvalue weighted by molar-refractivity contribution is 7.08. The quantitative estimate of drug-likeness (QED) is 0.685. The van der Waals surface area contributed by atoms with Crippen LogP contribution in [0.3, 0.4) is 0 Å². The Kier molecular flexibility index (Phi) is 4.06. The smallest absolute Gasteiger partial charge is 0.254 e. The Balaban J connectivity index is 1.34. The minimum atomic E-state index is -0.226. The van der Waals surface area contributed by atoms with Gasteiger partial charge in [-0.15, -0.1) is 0 Å². The molecule has 3 aromatic rings. The maximum absolute atomic E-state index is 12.6. The van der Waals surface area contributed by atoms with Crippen LogP contribution in [-0.4, -0.2) is 44.0 Å². The first-order chi connectivity index (χ1) is 13.2. The Bertz CT molecular complexity index is 944. The standard InChI is InChI=1S/C20H20N4O2S/c25-19(16-3-9-27-13-16)23-7-4-20(5-8-23)14-24-17(11-22-18(24)12-26-20)15-2-1-6-21-10-15/h1-3,6,9-11,13H,4-5,7-8,12,14H2. The molecule has 6 nitrogen and oxygen atoms in total. The molecule has 0 unspecified atom stereocenters. The molecule has 2 aliphatic heterocycles. The zero-order chi connectivity index (χ0) is 18.3. The first-order valence-corrected chi connectivity index (χ1v) is 10.1. The van der Waals surface area contributed by atoms with Gasteiger partial charge in [0.2, 0.25) is 0 Å². The summed E-state index contributed by atoms with van der Waals surface area (Å²) >= 11 is 1.56. The maximum Gasteiger partial charge on any atom is 0.254 e. The highest BCUT2D eigenvalue weighted by Crippen LogP contribution is 2.36. The summed E-state index contributed by atoms with van der Waals surface area (Å²) < 4.78 is 8.53. The van der Waals surface area contributed by atoms with E-state index in [9.17, 15) is 4.79 Å². The average Bonchev–Trinajstić information content (AvgIpc) is 3.39. The number of imidazole rings is 1. The molecule has 0 bridgehead atoms. The van der Waals surface area contributed by atoms with Crippen molar-refractivity contribution in [3.05, 3.63) is 58.9 Å². The number of hydrogen-bond donors (Lipinski definition) is 0. The molecule has 0 saturated carbocycles. The predicted octanol–water partition coefficient (Wildman–Crippen LogP) is 3.21. The van der Waals surface area contributed by atoms with E-state index in [-0.39, 0.29) is 11.5 Å². The number of hydrogen-bond acceptors (Lipinski definition) is 5. The fraction of sp³-hybridized carbons (Fsp3) is 0.350. The third kappa shape index (κ3) is 2.96. The van der Waals surface area contributed by atoms with E-state index in [0.29, 0.717) is 6.61 Å². The minimum absolute atomic E-state index is 0.126. The third-order valence-electron chi connectivity index (χ3n) is 5.58. The molecule has 0 atom stereocenters. The number of carbonyl (C=O) groups excluding carboxylic acids is 1. The lowest BCUT2D eigenvalue weighted by atomic mass is 9.89. The first kappa shape index (κ1) is 16.6. The summed E-state index contributed by atoms with van der Waals surface area (Å²) in [5.41, 5.74) is 2.71. The van der Waals surface area contributed by atoms with Crippen LogP contribution in [0.1, 0.15) is 29.0 Å². The van der Waals surface area contributed by atoms with E-state index >= 15 is 0 Å². The fourth-order valence-corrected chi connectivity index (χ4v) is 4.62. The molecule has 7 heteroatoms. The molecule has 138 valence electrons. The zero-order valence-corrected chi connectivity index (χ0v) is 15.7. The molecule has 5 rings (SSSR count). The van der Waals surface area contributed by atoms with Crippen molar-refractivity contribution >= 4 is 17.2 Å². The van der Waals surface area contributed by atoms with Gasteiger partial charge >= 0.3 is 0 Å². The molecule has 0 aliphatic carbocycles. The summed E-state index contributed by atoms with van der Waals surface area (Å²) in [4.78, 5) is 23.3. The van der Waals surface area contributed by atoms with Gasteiger partial charge in [0.05, 0.1) is 29.6 Å². The van der Waals surface area contributed by atoms with Crippen molar-refractivity contribution in [3.8, 4) is 11.3 Å². The van der Waals surface area contributed by atoms with E-state index in [1.807, 2.05) is 40.2 Å². The normalized spacial score (nSPS) is 18.4. The lowest BCUT2D eigenvalue weighted by molar-refractivity contribution is -0.117. The van der Waals surface area contributed by atoms with E-state index in [4.69, 9.17) is 4.74 Å². The van der Waals surface area contributed by atoms with Gasteiger partial charge in [-0.2, -0.15) is 11.3 Å². The molecular formula is C20H20N4O2S. The van der Waals surface area contributed by atoms with Gasteiger partial charge in [-0.1, -0.05) is 0 Å². The summed E-state index contributed by atoms with van der Waals surface area (Å²) in [6, 6.07) is 5.90. The lowest BCUT2D eigenvalue weighted by Gasteiger charge is -2.44. The molecule has 1 saturated heterocycles. The van der Waals surface area contributed by atoms with Crippen LogP contribution in [0.5, 0.6) is 0 Å². The van der Waals surface area contributed by atoms with Gasteiger partial charge in [-0.25, -0.2) is 4.98 Å². The summed E-state index contributed by atoms with van der Waals surface area (Å²) in [6.07, 6.45) is 7.24. The lowest BCUT2D eigenvalue weighted by Crippen LogP contribution is -2.51. The number of fused-ring (bicyclic) bond motifs is 1. The molecule has 2 aliphatic rings. The zero-order valence-electron chi connectivity index (χ0n) is 14.9.